The normalized spacial score (nSPS) is 14.6. The molecule has 0 unspecified atom stereocenters. The largest absolute Gasteiger partial charge is 0.478 e. The molecule has 0 bridgehead atoms. The van der Waals surface area contributed by atoms with Gasteiger partial charge in [-0.2, -0.15) is 0 Å². The van der Waals surface area contributed by atoms with Gasteiger partial charge in [-0.3, -0.25) is 15.0 Å². The van der Waals surface area contributed by atoms with Gasteiger partial charge in [0.05, 0.1) is 16.2 Å². The average Bonchev–Trinajstić information content (AvgIpc) is 3.34. The number of thioether (sulfide) groups is 1. The SMILES string of the molecule is CC(=O)Nc1ccc(-c2ccc(/C=C3/SC(=S)N(Nc4ccccc4C(=O)O)C3=O)o2)cc1. The number of thiocarbonyl (C=S) groups is 1. The zero-order valence-electron chi connectivity index (χ0n) is 17.2. The van der Waals surface area contributed by atoms with Crippen LogP contribution in [-0.2, 0) is 9.59 Å². The van der Waals surface area contributed by atoms with Crippen molar-refractivity contribution in [2.24, 2.45) is 0 Å². The molecule has 3 N–H and O–H groups in total. The Balaban J connectivity index is 1.51. The van der Waals surface area contributed by atoms with Crippen LogP contribution in [0.3, 0.4) is 0 Å². The summed E-state index contributed by atoms with van der Waals surface area (Å²) in [5.41, 5.74) is 4.56. The van der Waals surface area contributed by atoms with Gasteiger partial charge in [-0.05, 0) is 60.7 Å². The maximum Gasteiger partial charge on any atom is 0.337 e. The van der Waals surface area contributed by atoms with Crippen LogP contribution in [0.2, 0.25) is 0 Å². The Morgan fingerprint density at radius 3 is 2.52 bits per heavy atom. The van der Waals surface area contributed by atoms with E-state index in [1.807, 2.05) is 12.1 Å². The van der Waals surface area contributed by atoms with Gasteiger partial charge < -0.3 is 14.8 Å². The minimum Gasteiger partial charge on any atom is -0.478 e. The van der Waals surface area contributed by atoms with Crippen LogP contribution in [0.5, 0.6) is 0 Å². The summed E-state index contributed by atoms with van der Waals surface area (Å²) in [6.45, 7) is 1.44. The number of furan rings is 1. The summed E-state index contributed by atoms with van der Waals surface area (Å²) in [5.74, 6) is -0.626. The Kier molecular flexibility index (Phi) is 6.29. The van der Waals surface area contributed by atoms with E-state index in [0.717, 1.165) is 22.3 Å². The van der Waals surface area contributed by atoms with E-state index in [1.54, 1.807) is 48.5 Å². The highest BCUT2D eigenvalue weighted by Gasteiger charge is 2.33. The quantitative estimate of drug-likeness (QED) is 0.340. The van der Waals surface area contributed by atoms with Crippen molar-refractivity contribution in [2.45, 2.75) is 6.92 Å². The van der Waals surface area contributed by atoms with Gasteiger partial charge in [-0.15, -0.1) is 0 Å². The minimum absolute atomic E-state index is 0.0238. The first-order valence-electron chi connectivity index (χ1n) is 9.66. The number of aromatic carboxylic acids is 1. The summed E-state index contributed by atoms with van der Waals surface area (Å²) < 4.78 is 6.09. The van der Waals surface area contributed by atoms with Crippen molar-refractivity contribution < 1.29 is 23.9 Å². The van der Waals surface area contributed by atoms with Gasteiger partial charge in [0, 0.05) is 24.3 Å². The molecule has 33 heavy (non-hydrogen) atoms. The molecule has 2 heterocycles. The molecule has 1 fully saturated rings. The van der Waals surface area contributed by atoms with E-state index >= 15 is 0 Å². The molecule has 2 aromatic carbocycles. The lowest BCUT2D eigenvalue weighted by molar-refractivity contribution is -0.121. The maximum absolute atomic E-state index is 12.9. The molecule has 1 saturated heterocycles. The Morgan fingerprint density at radius 1 is 1.09 bits per heavy atom. The number of hydrogen-bond acceptors (Lipinski definition) is 7. The smallest absolute Gasteiger partial charge is 0.337 e. The molecule has 0 aliphatic carbocycles. The number of carboxylic acids is 1. The van der Waals surface area contributed by atoms with Crippen LogP contribution in [0.25, 0.3) is 17.4 Å². The number of carbonyl (C=O) groups excluding carboxylic acids is 2. The lowest BCUT2D eigenvalue weighted by Crippen LogP contribution is -2.34. The third-order valence-corrected chi connectivity index (χ3v) is 5.88. The van der Waals surface area contributed by atoms with Gasteiger partial charge in [-0.1, -0.05) is 23.9 Å². The van der Waals surface area contributed by atoms with E-state index < -0.39 is 11.9 Å². The Hall–Kier alpha value is -3.89. The molecular formula is C23H17N3O5S2. The first-order valence-corrected chi connectivity index (χ1v) is 10.9. The number of para-hydroxylation sites is 1. The molecule has 1 aromatic heterocycles. The molecule has 10 heteroatoms. The fourth-order valence-electron chi connectivity index (χ4n) is 3.09. The van der Waals surface area contributed by atoms with Crippen molar-refractivity contribution in [3.05, 3.63) is 76.9 Å². The molecule has 0 atom stereocenters. The Labute approximate surface area is 198 Å². The number of nitrogens with zero attached hydrogens (tertiary/aromatic N) is 1. The van der Waals surface area contributed by atoms with Gasteiger partial charge in [0.15, 0.2) is 4.32 Å². The molecule has 1 aliphatic heterocycles. The summed E-state index contributed by atoms with van der Waals surface area (Å²) >= 11 is 6.38. The molecule has 1 aliphatic rings. The second kappa shape index (κ2) is 9.31. The summed E-state index contributed by atoms with van der Waals surface area (Å²) in [4.78, 5) is 35.8. The number of benzene rings is 2. The van der Waals surface area contributed by atoms with Crippen molar-refractivity contribution in [3.8, 4) is 11.3 Å². The molecule has 2 amide bonds. The predicted molar refractivity (Wildman–Crippen MR) is 130 cm³/mol. The highest BCUT2D eigenvalue weighted by molar-refractivity contribution is 8.26. The lowest BCUT2D eigenvalue weighted by atomic mass is 10.1. The zero-order valence-corrected chi connectivity index (χ0v) is 18.8. The van der Waals surface area contributed by atoms with Crippen molar-refractivity contribution in [2.75, 3.05) is 10.7 Å². The second-order valence-electron chi connectivity index (χ2n) is 6.94. The first-order chi connectivity index (χ1) is 15.8. The monoisotopic (exact) mass is 479 g/mol. The van der Waals surface area contributed by atoms with Crippen molar-refractivity contribution in [3.63, 3.8) is 0 Å². The summed E-state index contributed by atoms with van der Waals surface area (Å²) in [6, 6.07) is 16.9. The third-order valence-electron chi connectivity index (χ3n) is 4.57. The molecule has 3 aromatic rings. The number of anilines is 2. The van der Waals surface area contributed by atoms with Crippen LogP contribution in [0.4, 0.5) is 11.4 Å². The molecular weight excluding hydrogens is 462 g/mol. The minimum atomic E-state index is -1.12. The summed E-state index contributed by atoms with van der Waals surface area (Å²) in [5, 5.41) is 13.2. The molecule has 0 saturated carbocycles. The van der Waals surface area contributed by atoms with Crippen LogP contribution < -0.4 is 10.7 Å². The molecule has 0 spiro atoms. The van der Waals surface area contributed by atoms with Crippen LogP contribution in [0.15, 0.2) is 70.0 Å². The number of hydrazine groups is 1. The highest BCUT2D eigenvalue weighted by atomic mass is 32.2. The fourth-order valence-corrected chi connectivity index (χ4v) is 4.25. The topological polar surface area (TPSA) is 112 Å². The van der Waals surface area contributed by atoms with Gasteiger partial charge in [0.2, 0.25) is 5.91 Å². The van der Waals surface area contributed by atoms with Crippen LogP contribution in [0, 0.1) is 0 Å². The van der Waals surface area contributed by atoms with Gasteiger partial charge >= 0.3 is 5.97 Å². The molecule has 8 nitrogen and oxygen atoms in total. The van der Waals surface area contributed by atoms with E-state index in [1.165, 1.54) is 13.0 Å². The third kappa shape index (κ3) is 4.97. The van der Waals surface area contributed by atoms with Crippen molar-refractivity contribution in [1.82, 2.24) is 5.01 Å². The van der Waals surface area contributed by atoms with Crippen LogP contribution >= 0.6 is 24.0 Å². The summed E-state index contributed by atoms with van der Waals surface area (Å²) in [6.07, 6.45) is 1.58. The van der Waals surface area contributed by atoms with Crippen LogP contribution in [-0.4, -0.2) is 32.2 Å². The molecule has 166 valence electrons. The van der Waals surface area contributed by atoms with Crippen molar-refractivity contribution in [1.29, 1.82) is 0 Å². The first kappa shape index (κ1) is 22.3. The van der Waals surface area contributed by atoms with E-state index in [2.05, 4.69) is 10.7 Å². The van der Waals surface area contributed by atoms with Gasteiger partial charge in [0.1, 0.15) is 11.5 Å². The number of amides is 2. The highest BCUT2D eigenvalue weighted by Crippen LogP contribution is 2.34. The van der Waals surface area contributed by atoms with Gasteiger partial charge in [-0.25, -0.2) is 9.80 Å². The number of rotatable bonds is 6. The van der Waals surface area contributed by atoms with Crippen molar-refractivity contribution >= 4 is 63.5 Å². The van der Waals surface area contributed by atoms with Crippen LogP contribution in [0.1, 0.15) is 23.0 Å². The number of carboxylic acid groups (broad SMARTS) is 1. The Morgan fingerprint density at radius 2 is 1.82 bits per heavy atom. The number of nitrogens with one attached hydrogen (secondary N) is 2. The fraction of sp³-hybridized carbons (Fsp3) is 0.0435. The summed E-state index contributed by atoms with van der Waals surface area (Å²) in [7, 11) is 0. The zero-order chi connectivity index (χ0) is 23.5. The van der Waals surface area contributed by atoms with E-state index in [0.29, 0.717) is 22.1 Å². The van der Waals surface area contributed by atoms with Gasteiger partial charge in [0.25, 0.3) is 5.91 Å². The standard InChI is InChI=1S/C23H17N3O5S2/c1-13(27)24-15-8-6-14(7-9-15)19-11-10-16(31-19)12-20-21(28)26(23(32)33-20)25-18-5-3-2-4-17(18)22(29)30/h2-12,25H,1H3,(H,24,27)(H,29,30)/b20-12+. The van der Waals surface area contributed by atoms with E-state index in [9.17, 15) is 19.5 Å². The molecule has 4 rings (SSSR count). The van der Waals surface area contributed by atoms with E-state index in [-0.39, 0.29) is 21.5 Å². The molecule has 0 radical (unpaired) electrons. The number of carbonyl (C=O) groups is 3. The lowest BCUT2D eigenvalue weighted by Gasteiger charge is -2.18. The maximum atomic E-state index is 12.9. The number of hydrogen-bond donors (Lipinski definition) is 3. The predicted octanol–water partition coefficient (Wildman–Crippen LogP) is 4.83. The average molecular weight is 480 g/mol. The second-order valence-corrected chi connectivity index (χ2v) is 8.62. The Bertz CT molecular complexity index is 1300. The van der Waals surface area contributed by atoms with E-state index in [4.69, 9.17) is 16.6 Å².